The lowest BCUT2D eigenvalue weighted by atomic mass is 10.3. The van der Waals surface area contributed by atoms with Crippen molar-refractivity contribution < 1.29 is 9.59 Å². The lowest BCUT2D eigenvalue weighted by molar-refractivity contribution is -0.139. The van der Waals surface area contributed by atoms with Crippen molar-refractivity contribution in [1.29, 1.82) is 0 Å². The lowest BCUT2D eigenvalue weighted by Gasteiger charge is -2.03. The fourth-order valence-electron chi connectivity index (χ4n) is 1.09. The number of amides is 2. The molecule has 0 aromatic carbocycles. The molecule has 0 saturated heterocycles. The predicted molar refractivity (Wildman–Crippen MR) is 57.1 cm³/mol. The Bertz CT molecular complexity index is 374. The Morgan fingerprint density at radius 2 is 2.12 bits per heavy atom. The van der Waals surface area contributed by atoms with Gasteiger partial charge < -0.3 is 16.4 Å². The number of nitrogens with one attached hydrogen (secondary N) is 2. The van der Waals surface area contributed by atoms with E-state index in [1.54, 1.807) is 24.1 Å². The van der Waals surface area contributed by atoms with Gasteiger partial charge in [0.1, 0.15) is 0 Å². The highest BCUT2D eigenvalue weighted by molar-refractivity contribution is 6.35. The minimum absolute atomic E-state index is 0.280. The first kappa shape index (κ1) is 12.2. The number of hydrogen-bond acceptors (Lipinski definition) is 4. The monoisotopic (exact) mass is 225 g/mol. The van der Waals surface area contributed by atoms with Gasteiger partial charge in [-0.25, -0.2) is 0 Å². The Labute approximate surface area is 93.0 Å². The average Bonchev–Trinajstić information content (AvgIpc) is 2.68. The molecule has 0 unspecified atom stereocenters. The van der Waals surface area contributed by atoms with E-state index in [2.05, 4.69) is 15.7 Å². The largest absolute Gasteiger partial charge is 0.347 e. The van der Waals surface area contributed by atoms with Crippen LogP contribution in [0, 0.1) is 0 Å². The molecule has 1 aromatic rings. The molecular weight excluding hydrogens is 210 g/mol. The van der Waals surface area contributed by atoms with Crippen molar-refractivity contribution in [2.45, 2.75) is 6.54 Å². The maximum Gasteiger partial charge on any atom is 0.309 e. The second-order valence-electron chi connectivity index (χ2n) is 3.25. The van der Waals surface area contributed by atoms with Crippen molar-refractivity contribution in [1.82, 2.24) is 20.4 Å². The molecule has 0 atom stereocenters. The van der Waals surface area contributed by atoms with E-state index in [9.17, 15) is 9.59 Å². The van der Waals surface area contributed by atoms with Crippen molar-refractivity contribution in [3.8, 4) is 0 Å². The SMILES string of the molecule is Cn1cc(CNC(=O)C(=O)NCCN)cn1. The first-order valence-corrected chi connectivity index (χ1v) is 4.87. The van der Waals surface area contributed by atoms with Crippen LogP contribution in [-0.2, 0) is 23.2 Å². The van der Waals surface area contributed by atoms with Crippen molar-refractivity contribution >= 4 is 11.8 Å². The molecule has 88 valence electrons. The molecule has 16 heavy (non-hydrogen) atoms. The molecule has 0 saturated carbocycles. The van der Waals surface area contributed by atoms with Crippen LogP contribution in [0.3, 0.4) is 0 Å². The zero-order valence-electron chi connectivity index (χ0n) is 9.06. The molecule has 1 rings (SSSR count). The summed E-state index contributed by atoms with van der Waals surface area (Å²) in [6.07, 6.45) is 3.39. The summed E-state index contributed by atoms with van der Waals surface area (Å²) in [5.41, 5.74) is 6.02. The van der Waals surface area contributed by atoms with E-state index in [-0.39, 0.29) is 6.54 Å². The third-order valence-corrected chi connectivity index (χ3v) is 1.85. The summed E-state index contributed by atoms with van der Waals surface area (Å²) in [6, 6.07) is 0. The minimum Gasteiger partial charge on any atom is -0.347 e. The smallest absolute Gasteiger partial charge is 0.309 e. The molecule has 2 amide bonds. The van der Waals surface area contributed by atoms with Crippen molar-refractivity contribution in [2.75, 3.05) is 13.1 Å². The van der Waals surface area contributed by atoms with E-state index >= 15 is 0 Å². The Morgan fingerprint density at radius 1 is 1.44 bits per heavy atom. The molecule has 1 heterocycles. The van der Waals surface area contributed by atoms with Gasteiger partial charge in [0.05, 0.1) is 6.20 Å². The summed E-state index contributed by atoms with van der Waals surface area (Å²) in [7, 11) is 1.78. The Morgan fingerprint density at radius 3 is 2.69 bits per heavy atom. The first-order chi connectivity index (χ1) is 7.63. The summed E-state index contributed by atoms with van der Waals surface area (Å²) >= 11 is 0. The van der Waals surface area contributed by atoms with Crippen LogP contribution < -0.4 is 16.4 Å². The number of rotatable bonds is 4. The number of aromatic nitrogens is 2. The van der Waals surface area contributed by atoms with E-state index in [1.807, 2.05) is 0 Å². The first-order valence-electron chi connectivity index (χ1n) is 4.87. The second kappa shape index (κ2) is 5.86. The molecule has 0 spiro atoms. The lowest BCUT2D eigenvalue weighted by Crippen LogP contribution is -2.41. The van der Waals surface area contributed by atoms with Gasteiger partial charge in [-0.05, 0) is 0 Å². The molecule has 7 heteroatoms. The maximum atomic E-state index is 11.2. The highest BCUT2D eigenvalue weighted by atomic mass is 16.2. The van der Waals surface area contributed by atoms with Gasteiger partial charge in [0.25, 0.3) is 0 Å². The zero-order valence-corrected chi connectivity index (χ0v) is 9.06. The molecule has 0 aliphatic heterocycles. The van der Waals surface area contributed by atoms with Crippen molar-refractivity contribution in [3.63, 3.8) is 0 Å². The van der Waals surface area contributed by atoms with Crippen LogP contribution >= 0.6 is 0 Å². The molecule has 1 aromatic heterocycles. The molecular formula is C9H15N5O2. The molecule has 0 aliphatic carbocycles. The summed E-state index contributed by atoms with van der Waals surface area (Å²) in [6.45, 7) is 0.878. The van der Waals surface area contributed by atoms with E-state index < -0.39 is 11.8 Å². The van der Waals surface area contributed by atoms with Crippen LogP contribution in [-0.4, -0.2) is 34.7 Å². The van der Waals surface area contributed by atoms with E-state index in [4.69, 9.17) is 5.73 Å². The number of nitrogens with two attached hydrogens (primary N) is 1. The van der Waals surface area contributed by atoms with Crippen LogP contribution in [0.15, 0.2) is 12.4 Å². The number of carbonyl (C=O) groups is 2. The van der Waals surface area contributed by atoms with Crippen LogP contribution in [0.25, 0.3) is 0 Å². The molecule has 7 nitrogen and oxygen atoms in total. The minimum atomic E-state index is -0.672. The standard InChI is InChI=1S/C9H15N5O2/c1-14-6-7(5-13-14)4-12-9(16)8(15)11-3-2-10/h5-6H,2-4,10H2,1H3,(H,11,15)(H,12,16). The zero-order chi connectivity index (χ0) is 12.0. The number of nitrogens with zero attached hydrogens (tertiary/aromatic N) is 2. The predicted octanol–water partition coefficient (Wildman–Crippen LogP) is -1.89. The average molecular weight is 225 g/mol. The summed E-state index contributed by atoms with van der Waals surface area (Å²) in [5, 5.41) is 8.79. The van der Waals surface area contributed by atoms with Gasteiger partial charge >= 0.3 is 11.8 Å². The number of aryl methyl sites for hydroxylation is 1. The van der Waals surface area contributed by atoms with Crippen LogP contribution in [0.2, 0.25) is 0 Å². The third-order valence-electron chi connectivity index (χ3n) is 1.85. The normalized spacial score (nSPS) is 9.88. The Hall–Kier alpha value is -1.89. The fourth-order valence-corrected chi connectivity index (χ4v) is 1.09. The van der Waals surface area contributed by atoms with Gasteiger partial charge in [0.2, 0.25) is 0 Å². The summed E-state index contributed by atoms with van der Waals surface area (Å²) < 4.78 is 1.62. The van der Waals surface area contributed by atoms with Crippen LogP contribution in [0.4, 0.5) is 0 Å². The molecule has 0 radical (unpaired) electrons. The van der Waals surface area contributed by atoms with Gasteiger partial charge in [-0.2, -0.15) is 5.10 Å². The van der Waals surface area contributed by atoms with Gasteiger partial charge in [-0.1, -0.05) is 0 Å². The molecule has 0 aliphatic rings. The quantitative estimate of drug-likeness (QED) is 0.521. The van der Waals surface area contributed by atoms with E-state index in [1.165, 1.54) is 0 Å². The second-order valence-corrected chi connectivity index (χ2v) is 3.25. The highest BCUT2D eigenvalue weighted by Crippen LogP contribution is 1.94. The summed E-state index contributed by atoms with van der Waals surface area (Å²) in [5.74, 6) is -1.34. The number of hydrogen-bond donors (Lipinski definition) is 3. The van der Waals surface area contributed by atoms with Gasteiger partial charge in [-0.3, -0.25) is 14.3 Å². The summed E-state index contributed by atoms with van der Waals surface area (Å²) in [4.78, 5) is 22.4. The van der Waals surface area contributed by atoms with Gasteiger partial charge in [-0.15, -0.1) is 0 Å². The topological polar surface area (TPSA) is 102 Å². The highest BCUT2D eigenvalue weighted by Gasteiger charge is 2.11. The van der Waals surface area contributed by atoms with Gasteiger partial charge in [0, 0.05) is 38.4 Å². The Balaban J connectivity index is 2.32. The third kappa shape index (κ3) is 3.70. The molecule has 0 fully saturated rings. The molecule has 4 N–H and O–H groups in total. The van der Waals surface area contributed by atoms with E-state index in [0.29, 0.717) is 13.1 Å². The molecule has 0 bridgehead atoms. The van der Waals surface area contributed by atoms with Crippen LogP contribution in [0.1, 0.15) is 5.56 Å². The van der Waals surface area contributed by atoms with Crippen molar-refractivity contribution in [2.24, 2.45) is 12.8 Å². The van der Waals surface area contributed by atoms with E-state index in [0.717, 1.165) is 5.56 Å². The van der Waals surface area contributed by atoms with Crippen LogP contribution in [0.5, 0.6) is 0 Å². The number of carbonyl (C=O) groups excluding carboxylic acids is 2. The fraction of sp³-hybridized carbons (Fsp3) is 0.444. The van der Waals surface area contributed by atoms with Crippen molar-refractivity contribution in [3.05, 3.63) is 18.0 Å². The Kier molecular flexibility index (Phi) is 4.46. The van der Waals surface area contributed by atoms with Gasteiger partial charge in [0.15, 0.2) is 0 Å². The maximum absolute atomic E-state index is 11.2.